The Morgan fingerprint density at radius 3 is 2.57 bits per heavy atom. The molecule has 0 saturated carbocycles. The molecule has 1 aromatic carbocycles. The second-order valence-electron chi connectivity index (χ2n) is 7.57. The van der Waals surface area contributed by atoms with Crippen molar-refractivity contribution in [3.05, 3.63) is 42.1 Å². The van der Waals surface area contributed by atoms with Crippen molar-refractivity contribution in [2.45, 2.75) is 31.3 Å². The summed E-state index contributed by atoms with van der Waals surface area (Å²) in [6.07, 6.45) is 2.57. The number of ether oxygens (including phenoxy) is 2. The van der Waals surface area contributed by atoms with Gasteiger partial charge >= 0.3 is 0 Å². The van der Waals surface area contributed by atoms with Gasteiger partial charge in [0.25, 0.3) is 5.91 Å². The van der Waals surface area contributed by atoms with Crippen molar-refractivity contribution < 1.29 is 22.7 Å². The number of hydrogen-bond acceptors (Lipinski definition) is 8. The molecule has 160 valence electrons. The molecule has 3 aromatic rings. The lowest BCUT2D eigenvalue weighted by molar-refractivity contribution is -0.0168. The summed E-state index contributed by atoms with van der Waals surface area (Å²) in [7, 11) is -3.31. The van der Waals surface area contributed by atoms with E-state index in [1.807, 2.05) is 20.8 Å². The summed E-state index contributed by atoms with van der Waals surface area (Å²) in [6.45, 7) is 6.70. The van der Waals surface area contributed by atoms with Gasteiger partial charge in [0.15, 0.2) is 15.0 Å². The third-order valence-electron chi connectivity index (χ3n) is 3.88. The Morgan fingerprint density at radius 1 is 1.17 bits per heavy atom. The maximum absolute atomic E-state index is 12.5. The molecule has 0 aliphatic heterocycles. The van der Waals surface area contributed by atoms with Crippen molar-refractivity contribution in [1.29, 1.82) is 0 Å². The molecule has 0 aliphatic rings. The topological polar surface area (TPSA) is 107 Å². The minimum absolute atomic E-state index is 0.212. The van der Waals surface area contributed by atoms with Crippen LogP contribution in [0.2, 0.25) is 0 Å². The van der Waals surface area contributed by atoms with E-state index >= 15 is 0 Å². The van der Waals surface area contributed by atoms with E-state index in [0.29, 0.717) is 40.0 Å². The maximum Gasteiger partial charge on any atom is 0.259 e. The molecule has 3 rings (SSSR count). The van der Waals surface area contributed by atoms with E-state index in [1.165, 1.54) is 23.6 Å². The van der Waals surface area contributed by atoms with Crippen LogP contribution in [-0.2, 0) is 14.6 Å². The normalized spacial score (nSPS) is 12.1. The van der Waals surface area contributed by atoms with E-state index in [4.69, 9.17) is 9.47 Å². The van der Waals surface area contributed by atoms with E-state index in [2.05, 4.69) is 15.3 Å². The van der Waals surface area contributed by atoms with Gasteiger partial charge in [0.05, 0.1) is 32.9 Å². The van der Waals surface area contributed by atoms with Gasteiger partial charge in [-0.05, 0) is 45.0 Å². The Morgan fingerprint density at radius 2 is 1.93 bits per heavy atom. The molecule has 30 heavy (non-hydrogen) atoms. The van der Waals surface area contributed by atoms with E-state index in [9.17, 15) is 13.2 Å². The van der Waals surface area contributed by atoms with Crippen LogP contribution in [0, 0.1) is 0 Å². The van der Waals surface area contributed by atoms with Crippen LogP contribution >= 0.6 is 11.3 Å². The number of thiazole rings is 1. The zero-order chi connectivity index (χ0) is 21.9. The second-order valence-corrected chi connectivity index (χ2v) is 10.6. The highest BCUT2D eigenvalue weighted by atomic mass is 32.2. The van der Waals surface area contributed by atoms with E-state index in [1.54, 1.807) is 24.3 Å². The number of aromatic nitrogens is 2. The average molecular weight is 450 g/mol. The van der Waals surface area contributed by atoms with Crippen molar-refractivity contribution in [1.82, 2.24) is 9.97 Å². The van der Waals surface area contributed by atoms with Gasteiger partial charge in [-0.3, -0.25) is 10.1 Å². The minimum Gasteiger partial charge on any atom is -0.475 e. The molecule has 0 atom stereocenters. The van der Waals surface area contributed by atoms with Gasteiger partial charge in [-0.2, -0.15) is 0 Å². The summed E-state index contributed by atoms with van der Waals surface area (Å²) < 4.78 is 35.1. The first-order chi connectivity index (χ1) is 14.0. The highest BCUT2D eigenvalue weighted by Gasteiger charge is 2.14. The number of fused-ring (bicyclic) bond motifs is 1. The van der Waals surface area contributed by atoms with Crippen LogP contribution in [0.1, 0.15) is 31.1 Å². The summed E-state index contributed by atoms with van der Waals surface area (Å²) in [4.78, 5) is 21.1. The summed E-state index contributed by atoms with van der Waals surface area (Å²) in [5, 5.41) is 3.09. The number of hydrogen-bond donors (Lipinski definition) is 1. The predicted molar refractivity (Wildman–Crippen MR) is 116 cm³/mol. The average Bonchev–Trinajstić information content (AvgIpc) is 3.05. The van der Waals surface area contributed by atoms with Crippen molar-refractivity contribution in [2.75, 3.05) is 24.8 Å². The molecule has 2 heterocycles. The predicted octanol–water partition coefficient (Wildman–Crippen LogP) is 3.54. The Hall–Kier alpha value is -2.56. The molecule has 0 saturated heterocycles. The van der Waals surface area contributed by atoms with Crippen molar-refractivity contribution >= 4 is 42.4 Å². The summed E-state index contributed by atoms with van der Waals surface area (Å²) in [5.41, 5.74) is 0.734. The number of carbonyl (C=O) groups is 1. The molecular weight excluding hydrogens is 426 g/mol. The molecule has 1 amide bonds. The van der Waals surface area contributed by atoms with Crippen LogP contribution in [0.3, 0.4) is 0 Å². The fraction of sp³-hybridized carbons (Fsp3) is 0.350. The van der Waals surface area contributed by atoms with Gasteiger partial charge in [0, 0.05) is 18.5 Å². The molecule has 0 aliphatic carbocycles. The molecule has 10 heteroatoms. The third kappa shape index (κ3) is 5.97. The Bertz CT molecular complexity index is 1150. The lowest BCUT2D eigenvalue weighted by Gasteiger charge is -2.19. The summed E-state index contributed by atoms with van der Waals surface area (Å²) in [5.74, 6) is 0.0323. The first-order valence-electron chi connectivity index (χ1n) is 9.16. The number of nitrogens with zero attached hydrogens (tertiary/aromatic N) is 2. The highest BCUT2D eigenvalue weighted by molar-refractivity contribution is 7.90. The van der Waals surface area contributed by atoms with Crippen LogP contribution < -0.4 is 10.1 Å². The van der Waals surface area contributed by atoms with Gasteiger partial charge in [-0.15, -0.1) is 0 Å². The van der Waals surface area contributed by atoms with Crippen LogP contribution in [0.15, 0.2) is 41.4 Å². The number of nitrogens with one attached hydrogen (secondary N) is 1. The Labute approximate surface area is 179 Å². The Balaban J connectivity index is 1.61. The number of rotatable bonds is 7. The zero-order valence-corrected chi connectivity index (χ0v) is 18.8. The number of sulfone groups is 1. The number of pyridine rings is 1. The van der Waals surface area contributed by atoms with Gasteiger partial charge in [0.1, 0.15) is 6.61 Å². The number of benzene rings is 1. The van der Waals surface area contributed by atoms with E-state index in [0.717, 1.165) is 6.26 Å². The molecule has 0 unspecified atom stereocenters. The first-order valence-corrected chi connectivity index (χ1v) is 11.9. The quantitative estimate of drug-likeness (QED) is 0.550. The molecule has 0 bridgehead atoms. The van der Waals surface area contributed by atoms with Crippen molar-refractivity contribution in [2.24, 2.45) is 0 Å². The molecule has 2 aromatic heterocycles. The van der Waals surface area contributed by atoms with E-state index in [-0.39, 0.29) is 16.4 Å². The minimum atomic E-state index is -3.31. The van der Waals surface area contributed by atoms with Gasteiger partial charge in [-0.25, -0.2) is 18.4 Å². The largest absolute Gasteiger partial charge is 0.475 e. The molecule has 8 nitrogen and oxygen atoms in total. The molecule has 1 N–H and O–H groups in total. The summed E-state index contributed by atoms with van der Waals surface area (Å²) in [6, 6.07) is 7.89. The van der Waals surface area contributed by atoms with Crippen LogP contribution in [0.4, 0.5) is 5.13 Å². The molecule has 0 radical (unpaired) electrons. The lowest BCUT2D eigenvalue weighted by Crippen LogP contribution is -2.22. The molecule has 0 spiro atoms. The Kier molecular flexibility index (Phi) is 6.39. The van der Waals surface area contributed by atoms with Crippen molar-refractivity contribution in [3.8, 4) is 5.88 Å². The van der Waals surface area contributed by atoms with Gasteiger partial charge < -0.3 is 9.47 Å². The fourth-order valence-electron chi connectivity index (χ4n) is 2.45. The van der Waals surface area contributed by atoms with Crippen LogP contribution in [0.25, 0.3) is 10.2 Å². The smallest absolute Gasteiger partial charge is 0.259 e. The maximum atomic E-state index is 12.5. The van der Waals surface area contributed by atoms with Crippen LogP contribution in [-0.4, -0.2) is 49.4 Å². The number of anilines is 1. The molecule has 0 fully saturated rings. The monoisotopic (exact) mass is 449 g/mol. The standard InChI is InChI=1S/C20H23N3O5S2/c1-20(2,3)28-10-9-27-17-8-5-13(12-21-17)18(24)23-19-22-15-7-6-14(30(4,25)26)11-16(15)29-19/h5-8,11-12H,9-10H2,1-4H3,(H,22,23,24). The third-order valence-corrected chi connectivity index (χ3v) is 5.92. The summed E-state index contributed by atoms with van der Waals surface area (Å²) >= 11 is 1.20. The number of carbonyl (C=O) groups excluding carboxylic acids is 1. The SMILES string of the molecule is CC(C)(C)OCCOc1ccc(C(=O)Nc2nc3ccc(S(C)(=O)=O)cc3s2)cn1. The zero-order valence-electron chi connectivity index (χ0n) is 17.1. The van der Waals surface area contributed by atoms with Crippen LogP contribution in [0.5, 0.6) is 5.88 Å². The molecular formula is C20H23N3O5S2. The second kappa shape index (κ2) is 8.66. The van der Waals surface area contributed by atoms with Gasteiger partial charge in [-0.1, -0.05) is 11.3 Å². The fourth-order valence-corrected chi connectivity index (χ4v) is 4.07. The first kappa shape index (κ1) is 22.1. The number of amides is 1. The highest BCUT2D eigenvalue weighted by Crippen LogP contribution is 2.28. The van der Waals surface area contributed by atoms with Gasteiger partial charge in [0.2, 0.25) is 5.88 Å². The lowest BCUT2D eigenvalue weighted by atomic mass is 10.2. The van der Waals surface area contributed by atoms with E-state index < -0.39 is 9.84 Å². The van der Waals surface area contributed by atoms with Crippen molar-refractivity contribution in [3.63, 3.8) is 0 Å².